The Morgan fingerprint density at radius 2 is 1.45 bits per heavy atom. The van der Waals surface area contributed by atoms with Crippen molar-refractivity contribution in [3.05, 3.63) is 0 Å². The molecule has 22 heavy (non-hydrogen) atoms. The summed E-state index contributed by atoms with van der Waals surface area (Å²) >= 11 is 0. The molecule has 4 heteroatoms. The van der Waals surface area contributed by atoms with Crippen molar-refractivity contribution in [2.45, 2.75) is 65.2 Å². The zero-order valence-corrected chi connectivity index (χ0v) is 15.2. The lowest BCUT2D eigenvalue weighted by Gasteiger charge is -2.27. The highest BCUT2D eigenvalue weighted by Gasteiger charge is 2.38. The van der Waals surface area contributed by atoms with E-state index in [4.69, 9.17) is 4.74 Å². The fourth-order valence-electron chi connectivity index (χ4n) is 4.31. The number of hydrogen-bond donors (Lipinski definition) is 0. The second kappa shape index (κ2) is 10.5. The Kier molecular flexibility index (Phi) is 9.42. The molecule has 0 spiro atoms. The minimum atomic E-state index is 0. The molecule has 0 N–H and O–H groups in total. The highest BCUT2D eigenvalue weighted by molar-refractivity contribution is 5.85. The summed E-state index contributed by atoms with van der Waals surface area (Å²) in [7, 11) is 0. The van der Waals surface area contributed by atoms with Gasteiger partial charge in [0, 0.05) is 6.54 Å². The maximum Gasteiger partial charge on any atom is 0.309 e. The van der Waals surface area contributed by atoms with Crippen LogP contribution in [0, 0.1) is 17.8 Å². The maximum absolute atomic E-state index is 12.6. The summed E-state index contributed by atoms with van der Waals surface area (Å²) in [6.07, 6.45) is 10.2. The van der Waals surface area contributed by atoms with Crippen molar-refractivity contribution in [1.29, 1.82) is 0 Å². The molecule has 3 nitrogen and oxygen atoms in total. The molecule has 2 aliphatic carbocycles. The SMILES string of the molecule is CCN(CC)CCOC(=O)C(C1CCCC1)C1CCCC1.Cl. The Morgan fingerprint density at radius 1 is 1.00 bits per heavy atom. The Labute approximate surface area is 142 Å². The third-order valence-electron chi connectivity index (χ3n) is 5.63. The quantitative estimate of drug-likeness (QED) is 0.621. The fourth-order valence-corrected chi connectivity index (χ4v) is 4.31. The first-order valence-corrected chi connectivity index (χ1v) is 9.15. The van der Waals surface area contributed by atoms with Crippen LogP contribution < -0.4 is 0 Å². The van der Waals surface area contributed by atoms with Gasteiger partial charge in [-0.05, 0) is 50.6 Å². The topological polar surface area (TPSA) is 29.5 Å². The molecular formula is C18H34ClNO2. The van der Waals surface area contributed by atoms with E-state index < -0.39 is 0 Å². The average Bonchev–Trinajstić information content (AvgIpc) is 3.18. The minimum absolute atomic E-state index is 0. The Balaban J connectivity index is 0.00000242. The van der Waals surface area contributed by atoms with E-state index in [1.807, 2.05) is 0 Å². The monoisotopic (exact) mass is 331 g/mol. The Bertz CT molecular complexity index is 292. The molecule has 0 saturated heterocycles. The molecule has 130 valence electrons. The number of esters is 1. The predicted molar refractivity (Wildman–Crippen MR) is 93.4 cm³/mol. The van der Waals surface area contributed by atoms with Crippen molar-refractivity contribution in [3.8, 4) is 0 Å². The highest BCUT2D eigenvalue weighted by Crippen LogP contribution is 2.42. The number of carbonyl (C=O) groups is 1. The summed E-state index contributed by atoms with van der Waals surface area (Å²) in [5.74, 6) is 1.52. The van der Waals surface area contributed by atoms with Crippen LogP contribution in [0.5, 0.6) is 0 Å². The molecule has 0 heterocycles. The number of rotatable bonds is 8. The molecule has 2 fully saturated rings. The molecule has 2 rings (SSSR count). The number of ether oxygens (including phenoxy) is 1. The van der Waals surface area contributed by atoms with Crippen LogP contribution in [-0.2, 0) is 9.53 Å². The van der Waals surface area contributed by atoms with Gasteiger partial charge in [0.1, 0.15) is 6.61 Å². The molecule has 0 aromatic rings. The number of carbonyl (C=O) groups excluding carboxylic acids is 1. The van der Waals surface area contributed by atoms with Crippen molar-refractivity contribution >= 4 is 18.4 Å². The molecule has 0 aromatic heterocycles. The lowest BCUT2D eigenvalue weighted by molar-refractivity contribution is -0.153. The van der Waals surface area contributed by atoms with Gasteiger partial charge in [-0.3, -0.25) is 4.79 Å². The van der Waals surface area contributed by atoms with Crippen LogP contribution in [0.3, 0.4) is 0 Å². The van der Waals surface area contributed by atoms with Gasteiger partial charge in [-0.2, -0.15) is 0 Å². The summed E-state index contributed by atoms with van der Waals surface area (Å²) < 4.78 is 5.68. The third kappa shape index (κ3) is 5.42. The van der Waals surface area contributed by atoms with Gasteiger partial charge in [0.05, 0.1) is 5.92 Å². The van der Waals surface area contributed by atoms with Gasteiger partial charge >= 0.3 is 5.97 Å². The normalized spacial score (nSPS) is 19.8. The standard InChI is InChI=1S/C18H33NO2.ClH/c1-3-19(4-2)13-14-21-18(20)17(15-9-5-6-10-15)16-11-7-8-12-16;/h15-17H,3-14H2,1-2H3;1H. The van der Waals surface area contributed by atoms with Crippen LogP contribution in [0.4, 0.5) is 0 Å². The molecule has 2 saturated carbocycles. The first kappa shape index (κ1) is 19.8. The molecule has 2 aliphatic rings. The van der Waals surface area contributed by atoms with Gasteiger partial charge in [0.15, 0.2) is 0 Å². The van der Waals surface area contributed by atoms with E-state index >= 15 is 0 Å². The number of likely N-dealkylation sites (N-methyl/N-ethyl adjacent to an activating group) is 1. The van der Waals surface area contributed by atoms with Crippen molar-refractivity contribution < 1.29 is 9.53 Å². The molecule has 0 aromatic carbocycles. The van der Waals surface area contributed by atoms with E-state index in [0.717, 1.165) is 19.6 Å². The Morgan fingerprint density at radius 3 is 1.86 bits per heavy atom. The Hall–Kier alpha value is -0.280. The molecule has 0 atom stereocenters. The molecule has 0 radical (unpaired) electrons. The van der Waals surface area contributed by atoms with Gasteiger partial charge in [-0.15, -0.1) is 12.4 Å². The fraction of sp³-hybridized carbons (Fsp3) is 0.944. The third-order valence-corrected chi connectivity index (χ3v) is 5.63. The van der Waals surface area contributed by atoms with Crippen LogP contribution in [0.25, 0.3) is 0 Å². The summed E-state index contributed by atoms with van der Waals surface area (Å²) in [5, 5.41) is 0. The van der Waals surface area contributed by atoms with Gasteiger partial charge in [0.2, 0.25) is 0 Å². The number of hydrogen-bond acceptors (Lipinski definition) is 3. The van der Waals surface area contributed by atoms with Crippen molar-refractivity contribution in [2.24, 2.45) is 17.8 Å². The molecular weight excluding hydrogens is 298 g/mol. The summed E-state index contributed by atoms with van der Waals surface area (Å²) in [6, 6.07) is 0. The van der Waals surface area contributed by atoms with E-state index in [1.54, 1.807) is 0 Å². The molecule has 0 unspecified atom stereocenters. The summed E-state index contributed by atoms with van der Waals surface area (Å²) in [6.45, 7) is 7.82. The lowest BCUT2D eigenvalue weighted by Crippen LogP contribution is -2.33. The molecule has 0 bridgehead atoms. The van der Waals surface area contributed by atoms with Crippen molar-refractivity contribution in [1.82, 2.24) is 4.90 Å². The zero-order chi connectivity index (χ0) is 15.1. The van der Waals surface area contributed by atoms with Crippen LogP contribution in [0.2, 0.25) is 0 Å². The second-order valence-corrected chi connectivity index (χ2v) is 6.81. The maximum atomic E-state index is 12.6. The van der Waals surface area contributed by atoms with Crippen LogP contribution in [0.1, 0.15) is 65.2 Å². The van der Waals surface area contributed by atoms with E-state index in [-0.39, 0.29) is 24.3 Å². The van der Waals surface area contributed by atoms with Crippen LogP contribution in [0.15, 0.2) is 0 Å². The predicted octanol–water partition coefficient (Wildman–Crippen LogP) is 4.29. The van der Waals surface area contributed by atoms with Gasteiger partial charge < -0.3 is 9.64 Å². The zero-order valence-electron chi connectivity index (χ0n) is 14.4. The first-order chi connectivity index (χ1) is 10.3. The van der Waals surface area contributed by atoms with E-state index in [0.29, 0.717) is 18.4 Å². The molecule has 0 aliphatic heterocycles. The second-order valence-electron chi connectivity index (χ2n) is 6.81. The van der Waals surface area contributed by atoms with Crippen LogP contribution in [-0.4, -0.2) is 37.1 Å². The van der Waals surface area contributed by atoms with Gasteiger partial charge in [-0.1, -0.05) is 39.5 Å². The smallest absolute Gasteiger partial charge is 0.309 e. The summed E-state index contributed by atoms with van der Waals surface area (Å²) in [4.78, 5) is 14.9. The van der Waals surface area contributed by atoms with Gasteiger partial charge in [0.25, 0.3) is 0 Å². The number of nitrogens with zero attached hydrogens (tertiary/aromatic N) is 1. The van der Waals surface area contributed by atoms with E-state index in [2.05, 4.69) is 18.7 Å². The lowest BCUT2D eigenvalue weighted by atomic mass is 9.79. The minimum Gasteiger partial charge on any atom is -0.464 e. The first-order valence-electron chi connectivity index (χ1n) is 9.15. The largest absolute Gasteiger partial charge is 0.464 e. The average molecular weight is 332 g/mol. The van der Waals surface area contributed by atoms with E-state index in [1.165, 1.54) is 51.4 Å². The van der Waals surface area contributed by atoms with E-state index in [9.17, 15) is 4.79 Å². The van der Waals surface area contributed by atoms with Crippen LogP contribution >= 0.6 is 12.4 Å². The van der Waals surface area contributed by atoms with Crippen molar-refractivity contribution in [2.75, 3.05) is 26.2 Å². The van der Waals surface area contributed by atoms with Crippen molar-refractivity contribution in [3.63, 3.8) is 0 Å². The highest BCUT2D eigenvalue weighted by atomic mass is 35.5. The molecule has 0 amide bonds. The van der Waals surface area contributed by atoms with Gasteiger partial charge in [-0.25, -0.2) is 0 Å². The summed E-state index contributed by atoms with van der Waals surface area (Å²) in [5.41, 5.74) is 0. The number of halogens is 1.